The molecule has 2 N–H and O–H groups in total. The van der Waals surface area contributed by atoms with Crippen LogP contribution in [0, 0.1) is 0 Å². The summed E-state index contributed by atoms with van der Waals surface area (Å²) in [5.74, 6) is -5.71. The largest absolute Gasteiger partial charge is 1.00 e. The van der Waals surface area contributed by atoms with E-state index in [9.17, 15) is 14.4 Å². The van der Waals surface area contributed by atoms with Crippen molar-refractivity contribution in [3.63, 3.8) is 0 Å². The number of ketones is 1. The molecule has 0 unspecified atom stereocenters. The van der Waals surface area contributed by atoms with E-state index >= 15 is 0 Å². The molecule has 0 aliphatic carbocycles. The van der Waals surface area contributed by atoms with Crippen molar-refractivity contribution in [2.45, 2.75) is 0 Å². The maximum Gasteiger partial charge on any atom is 1.00 e. The Morgan fingerprint density at radius 3 is 1.11 bits per heavy atom. The van der Waals surface area contributed by atoms with Crippen LogP contribution in [0.2, 0.25) is 0 Å². The molecule has 0 aliphatic rings. The topological polar surface area (TPSA) is 91.7 Å². The van der Waals surface area contributed by atoms with Crippen LogP contribution in [0.4, 0.5) is 0 Å². The van der Waals surface area contributed by atoms with Gasteiger partial charge in [0, 0.05) is 0 Å². The molecule has 0 saturated carbocycles. The SMILES string of the molecule is O=C(O)C(=O)C(=O)O.[Na+]. The monoisotopic (exact) mass is 141 g/mol. The van der Waals surface area contributed by atoms with Gasteiger partial charge in [-0.05, 0) is 0 Å². The molecular formula is C3H2NaO5+. The van der Waals surface area contributed by atoms with Crippen molar-refractivity contribution in [1.82, 2.24) is 0 Å². The third-order valence-electron chi connectivity index (χ3n) is 0.388. The minimum Gasteiger partial charge on any atom is -0.475 e. The normalized spacial score (nSPS) is 7.11. The Morgan fingerprint density at radius 2 is 1.11 bits per heavy atom. The third-order valence-corrected chi connectivity index (χ3v) is 0.388. The first-order valence-electron chi connectivity index (χ1n) is 1.56. The van der Waals surface area contributed by atoms with Crippen molar-refractivity contribution in [3.05, 3.63) is 0 Å². The number of rotatable bonds is 2. The number of Topliss-reactive ketones (excluding diaryl/α,β-unsaturated/α-hetero) is 1. The molecule has 0 aromatic rings. The van der Waals surface area contributed by atoms with E-state index in [0.717, 1.165) is 0 Å². The molecule has 0 rings (SSSR count). The zero-order valence-corrected chi connectivity index (χ0v) is 6.62. The van der Waals surface area contributed by atoms with Gasteiger partial charge in [0.05, 0.1) is 0 Å². The van der Waals surface area contributed by atoms with Crippen LogP contribution in [-0.4, -0.2) is 27.9 Å². The van der Waals surface area contributed by atoms with Gasteiger partial charge in [-0.2, -0.15) is 0 Å². The zero-order valence-electron chi connectivity index (χ0n) is 4.62. The summed E-state index contributed by atoms with van der Waals surface area (Å²) in [6, 6.07) is 0. The van der Waals surface area contributed by atoms with E-state index in [1.165, 1.54) is 0 Å². The van der Waals surface area contributed by atoms with Crippen LogP contribution in [0.1, 0.15) is 0 Å². The van der Waals surface area contributed by atoms with Gasteiger partial charge in [-0.25, -0.2) is 9.59 Å². The van der Waals surface area contributed by atoms with Crippen LogP contribution in [0.25, 0.3) is 0 Å². The molecule has 0 fully saturated rings. The molecule has 0 aromatic heterocycles. The molecule has 0 amide bonds. The van der Waals surface area contributed by atoms with E-state index in [1.807, 2.05) is 0 Å². The Kier molecular flexibility index (Phi) is 5.69. The van der Waals surface area contributed by atoms with E-state index in [2.05, 4.69) is 0 Å². The average molecular weight is 141 g/mol. The summed E-state index contributed by atoms with van der Waals surface area (Å²) in [6.45, 7) is 0. The summed E-state index contributed by atoms with van der Waals surface area (Å²) in [4.78, 5) is 28.5. The fraction of sp³-hybridized carbons (Fsp3) is 0. The molecule has 0 aliphatic heterocycles. The van der Waals surface area contributed by atoms with Gasteiger partial charge in [-0.15, -0.1) is 0 Å². The Morgan fingerprint density at radius 1 is 0.889 bits per heavy atom. The minimum atomic E-state index is -1.95. The number of carboxylic acid groups (broad SMARTS) is 2. The van der Waals surface area contributed by atoms with Crippen LogP contribution < -0.4 is 29.6 Å². The van der Waals surface area contributed by atoms with Crippen molar-refractivity contribution in [2.75, 3.05) is 0 Å². The van der Waals surface area contributed by atoms with Crippen LogP contribution in [0.3, 0.4) is 0 Å². The van der Waals surface area contributed by atoms with Crippen LogP contribution in [0.5, 0.6) is 0 Å². The van der Waals surface area contributed by atoms with Gasteiger partial charge in [-0.1, -0.05) is 0 Å². The van der Waals surface area contributed by atoms with Crippen molar-refractivity contribution in [1.29, 1.82) is 0 Å². The zero-order chi connectivity index (χ0) is 6.73. The maximum absolute atomic E-state index is 9.64. The molecule has 5 nitrogen and oxygen atoms in total. The second-order valence-corrected chi connectivity index (χ2v) is 0.939. The number of carbonyl (C=O) groups excluding carboxylic acids is 1. The van der Waals surface area contributed by atoms with E-state index < -0.39 is 17.7 Å². The number of hydrogen-bond acceptors (Lipinski definition) is 3. The van der Waals surface area contributed by atoms with Gasteiger partial charge in [0.2, 0.25) is 0 Å². The van der Waals surface area contributed by atoms with E-state index in [-0.39, 0.29) is 29.6 Å². The van der Waals surface area contributed by atoms with Crippen LogP contribution >= 0.6 is 0 Å². The van der Waals surface area contributed by atoms with E-state index in [1.54, 1.807) is 0 Å². The fourth-order valence-electron chi connectivity index (χ4n) is 0.0915. The molecule has 0 radical (unpaired) electrons. The standard InChI is InChI=1S/C3H2O5.Na/c4-1(2(5)6)3(7)8;/h(H,5,6)(H,7,8);/q;+1. The van der Waals surface area contributed by atoms with Crippen molar-refractivity contribution in [3.8, 4) is 0 Å². The maximum atomic E-state index is 9.64. The summed E-state index contributed by atoms with van der Waals surface area (Å²) in [7, 11) is 0. The predicted molar refractivity (Wildman–Crippen MR) is 20.3 cm³/mol. The average Bonchev–Trinajstić information content (AvgIpc) is 1.64. The first kappa shape index (κ1) is 11.4. The molecular weight excluding hydrogens is 139 g/mol. The van der Waals surface area contributed by atoms with E-state index in [4.69, 9.17) is 10.2 Å². The molecule has 0 aromatic carbocycles. The second-order valence-electron chi connectivity index (χ2n) is 0.939. The molecule has 44 valence electrons. The van der Waals surface area contributed by atoms with Gasteiger partial charge in [0.1, 0.15) is 0 Å². The Balaban J connectivity index is 0. The Hall–Kier alpha value is -0.390. The Labute approximate surface area is 72.0 Å². The van der Waals surface area contributed by atoms with Gasteiger partial charge < -0.3 is 10.2 Å². The molecule has 6 heteroatoms. The van der Waals surface area contributed by atoms with E-state index in [0.29, 0.717) is 0 Å². The summed E-state index contributed by atoms with van der Waals surface area (Å²) in [5, 5.41) is 15.2. The third kappa shape index (κ3) is 4.14. The molecule has 9 heavy (non-hydrogen) atoms. The van der Waals surface area contributed by atoms with Crippen molar-refractivity contribution < 1.29 is 54.2 Å². The number of carbonyl (C=O) groups is 3. The molecule has 0 saturated heterocycles. The molecule has 0 spiro atoms. The smallest absolute Gasteiger partial charge is 0.475 e. The summed E-state index contributed by atoms with van der Waals surface area (Å²) < 4.78 is 0. The number of hydrogen-bond donors (Lipinski definition) is 2. The first-order chi connectivity index (χ1) is 3.55. The van der Waals surface area contributed by atoms with Gasteiger partial charge in [0.15, 0.2) is 0 Å². The molecule has 0 heterocycles. The Bertz CT molecular complexity index is 134. The number of aliphatic carboxylic acids is 2. The fourth-order valence-corrected chi connectivity index (χ4v) is 0.0915. The molecule has 0 atom stereocenters. The summed E-state index contributed by atoms with van der Waals surface area (Å²) in [5.41, 5.74) is 0. The first-order valence-corrected chi connectivity index (χ1v) is 1.56. The van der Waals surface area contributed by atoms with Crippen molar-refractivity contribution in [2.24, 2.45) is 0 Å². The number of carboxylic acids is 2. The van der Waals surface area contributed by atoms with Crippen molar-refractivity contribution >= 4 is 17.7 Å². The van der Waals surface area contributed by atoms with Gasteiger partial charge in [-0.3, -0.25) is 4.79 Å². The van der Waals surface area contributed by atoms with Gasteiger partial charge >= 0.3 is 47.3 Å². The van der Waals surface area contributed by atoms with Crippen LogP contribution in [0.15, 0.2) is 0 Å². The summed E-state index contributed by atoms with van der Waals surface area (Å²) in [6.07, 6.45) is 0. The predicted octanol–water partition coefficient (Wildman–Crippen LogP) is -4.27. The summed E-state index contributed by atoms with van der Waals surface area (Å²) >= 11 is 0. The second kappa shape index (κ2) is 4.49. The quantitative estimate of drug-likeness (QED) is 0.231. The molecule has 0 bridgehead atoms. The van der Waals surface area contributed by atoms with Crippen LogP contribution in [-0.2, 0) is 14.4 Å². The minimum absolute atomic E-state index is 0. The van der Waals surface area contributed by atoms with Gasteiger partial charge in [0.25, 0.3) is 0 Å².